The maximum Gasteiger partial charge on any atom is 0.263 e. The Morgan fingerprint density at radius 2 is 1.29 bits per heavy atom. The summed E-state index contributed by atoms with van der Waals surface area (Å²) in [5, 5.41) is 3.46. The standard InChI is InChI=1S/C21H13Cl3O3S/c1-27-20-16(22)10-12-6-2-4-8-14(12)18(20)19-15-9-5-3-7-13(15)11-17(23)21(19)28(24,25)26/h2-11H,1H3. The van der Waals surface area contributed by atoms with Crippen LogP contribution in [0.15, 0.2) is 65.6 Å². The Morgan fingerprint density at radius 3 is 1.82 bits per heavy atom. The first-order valence-electron chi connectivity index (χ1n) is 8.24. The molecule has 28 heavy (non-hydrogen) atoms. The van der Waals surface area contributed by atoms with E-state index in [0.717, 1.165) is 16.2 Å². The predicted octanol–water partition coefficient (Wildman–Crippen LogP) is 6.90. The molecule has 0 heterocycles. The number of methoxy groups -OCH3 is 1. The van der Waals surface area contributed by atoms with Crippen LogP contribution in [-0.2, 0) is 9.05 Å². The fourth-order valence-corrected chi connectivity index (χ4v) is 5.68. The van der Waals surface area contributed by atoms with Gasteiger partial charge in [-0.1, -0.05) is 71.7 Å². The highest BCUT2D eigenvalue weighted by Gasteiger charge is 2.27. The smallest absolute Gasteiger partial charge is 0.263 e. The van der Waals surface area contributed by atoms with Crippen LogP contribution in [0.2, 0.25) is 10.0 Å². The fourth-order valence-electron chi connectivity index (χ4n) is 3.52. The molecule has 4 aromatic rings. The van der Waals surface area contributed by atoms with Crippen molar-refractivity contribution in [2.24, 2.45) is 0 Å². The van der Waals surface area contributed by atoms with Crippen molar-refractivity contribution >= 4 is 64.5 Å². The van der Waals surface area contributed by atoms with Gasteiger partial charge >= 0.3 is 0 Å². The van der Waals surface area contributed by atoms with Gasteiger partial charge in [-0.05, 0) is 33.7 Å². The molecule has 142 valence electrons. The number of rotatable bonds is 3. The van der Waals surface area contributed by atoms with E-state index in [0.29, 0.717) is 27.3 Å². The van der Waals surface area contributed by atoms with Gasteiger partial charge in [0.2, 0.25) is 0 Å². The summed E-state index contributed by atoms with van der Waals surface area (Å²) >= 11 is 12.9. The minimum atomic E-state index is -4.17. The van der Waals surface area contributed by atoms with Crippen LogP contribution in [0.25, 0.3) is 32.7 Å². The van der Waals surface area contributed by atoms with Gasteiger partial charge in [-0.2, -0.15) is 0 Å². The van der Waals surface area contributed by atoms with E-state index in [2.05, 4.69) is 0 Å². The summed E-state index contributed by atoms with van der Waals surface area (Å²) in [6.45, 7) is 0. The maximum atomic E-state index is 12.5. The number of ether oxygens (including phenoxy) is 1. The van der Waals surface area contributed by atoms with Crippen LogP contribution in [0, 0.1) is 0 Å². The first-order chi connectivity index (χ1) is 13.3. The van der Waals surface area contributed by atoms with E-state index < -0.39 is 9.05 Å². The second-order valence-electron chi connectivity index (χ2n) is 6.21. The van der Waals surface area contributed by atoms with Crippen LogP contribution in [0.4, 0.5) is 0 Å². The maximum absolute atomic E-state index is 12.5. The van der Waals surface area contributed by atoms with Crippen LogP contribution < -0.4 is 4.74 Å². The van der Waals surface area contributed by atoms with Crippen molar-refractivity contribution in [2.75, 3.05) is 7.11 Å². The molecule has 0 bridgehead atoms. The molecule has 0 N–H and O–H groups in total. The van der Waals surface area contributed by atoms with Crippen molar-refractivity contribution in [1.82, 2.24) is 0 Å². The number of hydrogen-bond donors (Lipinski definition) is 0. The summed E-state index contributed by atoms with van der Waals surface area (Å²) < 4.78 is 30.6. The van der Waals surface area contributed by atoms with Crippen LogP contribution in [0.5, 0.6) is 5.75 Å². The SMILES string of the molecule is COc1c(Cl)cc2ccccc2c1-c1c(S(=O)(=O)Cl)c(Cl)cc2ccccc12. The van der Waals surface area contributed by atoms with Crippen LogP contribution in [-0.4, -0.2) is 15.5 Å². The van der Waals surface area contributed by atoms with Crippen LogP contribution in [0.3, 0.4) is 0 Å². The van der Waals surface area contributed by atoms with Crippen molar-refractivity contribution in [2.45, 2.75) is 4.90 Å². The van der Waals surface area contributed by atoms with E-state index in [9.17, 15) is 8.42 Å². The molecule has 0 saturated heterocycles. The zero-order valence-corrected chi connectivity index (χ0v) is 17.6. The Hall–Kier alpha value is -1.98. The normalized spacial score (nSPS) is 11.9. The van der Waals surface area contributed by atoms with Gasteiger partial charge in [0.05, 0.1) is 17.2 Å². The summed E-state index contributed by atoms with van der Waals surface area (Å²) in [4.78, 5) is -0.166. The number of hydrogen-bond acceptors (Lipinski definition) is 3. The molecule has 0 fully saturated rings. The van der Waals surface area contributed by atoms with E-state index in [1.807, 2.05) is 48.5 Å². The molecule has 0 aliphatic carbocycles. The lowest BCUT2D eigenvalue weighted by molar-refractivity contribution is 0.417. The third-order valence-electron chi connectivity index (χ3n) is 4.61. The van der Waals surface area contributed by atoms with Crippen molar-refractivity contribution < 1.29 is 13.2 Å². The number of halogens is 3. The van der Waals surface area contributed by atoms with Crippen molar-refractivity contribution in [3.63, 3.8) is 0 Å². The molecular weight excluding hydrogens is 439 g/mol. The second-order valence-corrected chi connectivity index (χ2v) is 9.53. The molecule has 0 aromatic heterocycles. The van der Waals surface area contributed by atoms with Crippen LogP contribution in [0.1, 0.15) is 0 Å². The number of benzene rings is 4. The Balaban J connectivity index is 2.35. The molecule has 7 heteroatoms. The van der Waals surface area contributed by atoms with E-state index in [1.54, 1.807) is 12.1 Å². The fraction of sp³-hybridized carbons (Fsp3) is 0.0476. The molecule has 0 unspecified atom stereocenters. The number of fused-ring (bicyclic) bond motifs is 2. The summed E-state index contributed by atoms with van der Waals surface area (Å²) in [5.74, 6) is 0.356. The quantitative estimate of drug-likeness (QED) is 0.318. The zero-order valence-electron chi connectivity index (χ0n) is 14.5. The summed E-state index contributed by atoms with van der Waals surface area (Å²) in [7, 11) is 3.14. The summed E-state index contributed by atoms with van der Waals surface area (Å²) in [6.07, 6.45) is 0. The van der Waals surface area contributed by atoms with Crippen molar-refractivity contribution in [3.8, 4) is 16.9 Å². The third kappa shape index (κ3) is 3.11. The topological polar surface area (TPSA) is 43.4 Å². The van der Waals surface area contributed by atoms with E-state index in [1.165, 1.54) is 7.11 Å². The van der Waals surface area contributed by atoms with Gasteiger partial charge in [-0.3, -0.25) is 0 Å². The Labute approximate surface area is 176 Å². The van der Waals surface area contributed by atoms with Crippen LogP contribution >= 0.6 is 33.9 Å². The molecule has 0 atom stereocenters. The molecule has 4 rings (SSSR count). The highest BCUT2D eigenvalue weighted by atomic mass is 35.7. The zero-order chi connectivity index (χ0) is 20.1. The third-order valence-corrected chi connectivity index (χ3v) is 6.68. The Kier molecular flexibility index (Phi) is 4.92. The highest BCUT2D eigenvalue weighted by molar-refractivity contribution is 8.14. The van der Waals surface area contributed by atoms with E-state index >= 15 is 0 Å². The molecule has 0 saturated carbocycles. The summed E-state index contributed by atoms with van der Waals surface area (Å²) in [6, 6.07) is 18.2. The lowest BCUT2D eigenvalue weighted by Gasteiger charge is -2.19. The average molecular weight is 452 g/mol. The van der Waals surface area contributed by atoms with Gasteiger partial charge in [-0.15, -0.1) is 0 Å². The lowest BCUT2D eigenvalue weighted by Crippen LogP contribution is -2.00. The van der Waals surface area contributed by atoms with E-state index in [4.69, 9.17) is 38.6 Å². The van der Waals surface area contributed by atoms with E-state index in [-0.39, 0.29) is 9.92 Å². The molecule has 0 aliphatic rings. The van der Waals surface area contributed by atoms with Gasteiger partial charge in [0.1, 0.15) is 10.6 Å². The van der Waals surface area contributed by atoms with Gasteiger partial charge in [0.25, 0.3) is 9.05 Å². The first-order valence-corrected chi connectivity index (χ1v) is 11.3. The first kappa shape index (κ1) is 19.3. The average Bonchev–Trinajstić information content (AvgIpc) is 2.65. The minimum Gasteiger partial charge on any atom is -0.495 e. The predicted molar refractivity (Wildman–Crippen MR) is 117 cm³/mol. The molecular formula is C21H13Cl3O3S. The minimum absolute atomic E-state index is 0.0369. The Morgan fingerprint density at radius 1 is 0.786 bits per heavy atom. The lowest BCUT2D eigenvalue weighted by atomic mass is 9.93. The van der Waals surface area contributed by atoms with Crippen molar-refractivity contribution in [3.05, 3.63) is 70.7 Å². The molecule has 0 amide bonds. The Bertz CT molecular complexity index is 1350. The molecule has 0 radical (unpaired) electrons. The molecule has 0 aliphatic heterocycles. The largest absolute Gasteiger partial charge is 0.495 e. The molecule has 3 nitrogen and oxygen atoms in total. The second kappa shape index (κ2) is 7.12. The van der Waals surface area contributed by atoms with Gasteiger partial charge < -0.3 is 4.74 Å². The van der Waals surface area contributed by atoms with Gasteiger partial charge in [0.15, 0.2) is 0 Å². The summed E-state index contributed by atoms with van der Waals surface area (Å²) in [5.41, 5.74) is 0.900. The van der Waals surface area contributed by atoms with Gasteiger partial charge in [0, 0.05) is 21.8 Å². The molecule has 4 aromatic carbocycles. The molecule has 0 spiro atoms. The monoisotopic (exact) mass is 450 g/mol. The highest BCUT2D eigenvalue weighted by Crippen LogP contribution is 2.49. The van der Waals surface area contributed by atoms with Crippen molar-refractivity contribution in [1.29, 1.82) is 0 Å². The van der Waals surface area contributed by atoms with Gasteiger partial charge in [-0.25, -0.2) is 8.42 Å².